The van der Waals surface area contributed by atoms with E-state index in [9.17, 15) is 24.6 Å². The highest BCUT2D eigenvalue weighted by Crippen LogP contribution is 2.23. The molecule has 0 fully saturated rings. The first-order valence-corrected chi connectivity index (χ1v) is 21.5. The Hall–Kier alpha value is -7.55. The molecule has 6 aromatic rings. The number of benzene rings is 3. The van der Waals surface area contributed by atoms with E-state index in [1.165, 1.54) is 20.1 Å². The summed E-state index contributed by atoms with van der Waals surface area (Å²) in [6.45, 7) is 6.93. The second-order valence-corrected chi connectivity index (χ2v) is 14.9. The molecule has 3 aromatic carbocycles. The van der Waals surface area contributed by atoms with Crippen molar-refractivity contribution in [1.82, 2.24) is 24.1 Å². The van der Waals surface area contributed by atoms with E-state index in [2.05, 4.69) is 26.1 Å². The highest BCUT2D eigenvalue weighted by Gasteiger charge is 2.15. The maximum Gasteiger partial charge on any atom is 0.296 e. The van der Waals surface area contributed by atoms with Crippen LogP contribution in [-0.4, -0.2) is 41.4 Å². The van der Waals surface area contributed by atoms with Gasteiger partial charge in [-0.1, -0.05) is 123 Å². The number of hydrogen-bond donors (Lipinski definition) is 6. The van der Waals surface area contributed by atoms with Gasteiger partial charge in [0.05, 0.1) is 34.5 Å². The zero-order valence-electron chi connectivity index (χ0n) is 36.3. The summed E-state index contributed by atoms with van der Waals surface area (Å²) in [5.74, 6) is 0.690. The summed E-state index contributed by atoms with van der Waals surface area (Å²) in [7, 11) is 1.73. The van der Waals surface area contributed by atoms with Crippen LogP contribution in [0.4, 0.5) is 22.7 Å². The van der Waals surface area contributed by atoms with Gasteiger partial charge in [0.2, 0.25) is 0 Å². The number of rotatable bonds is 10. The molecule has 0 amide bonds. The Morgan fingerprint density at radius 1 is 0.754 bits per heavy atom. The molecule has 1 atom stereocenters. The number of nitrogen functional groups attached to an aromatic ring is 1. The van der Waals surface area contributed by atoms with E-state index in [0.717, 1.165) is 28.2 Å². The van der Waals surface area contributed by atoms with Crippen molar-refractivity contribution in [2.45, 2.75) is 40.3 Å². The molecular formula is C49H51Cl2N9O5. The van der Waals surface area contributed by atoms with Gasteiger partial charge in [0, 0.05) is 44.1 Å². The van der Waals surface area contributed by atoms with Crippen molar-refractivity contribution in [2.24, 2.45) is 5.92 Å². The van der Waals surface area contributed by atoms with Gasteiger partial charge in [-0.25, -0.2) is 0 Å². The normalized spacial score (nSPS) is 13.4. The van der Waals surface area contributed by atoms with Crippen molar-refractivity contribution in [1.29, 1.82) is 0 Å². The van der Waals surface area contributed by atoms with Gasteiger partial charge in [-0.2, -0.15) is 19.6 Å². The zero-order chi connectivity index (χ0) is 46.9. The molecule has 0 spiro atoms. The second-order valence-electron chi connectivity index (χ2n) is 14.1. The smallest absolute Gasteiger partial charge is 0.296 e. The van der Waals surface area contributed by atoms with Gasteiger partial charge >= 0.3 is 0 Å². The van der Waals surface area contributed by atoms with E-state index >= 15 is 0 Å². The van der Waals surface area contributed by atoms with Gasteiger partial charge < -0.3 is 31.9 Å². The standard InChI is InChI=1S/C18H16ClN3O2.C17H16ClN3O2.C12H13N3O.C2H6/c19-17-16(20-11-13-7-9-15(23)10-8-13)12-21-22(18(17)24)14-5-3-1-2-4-6-14;1-11-2-5-13(8-11)21-17(23)16(15(18)10-20-21)19-9-12-3-6-14(22)7-4-12;1-14-10-7-8-15(12(16)11(10)13)9-5-3-2-4-6-9;1-2/h1-5,7-10,12,20,23H,6,11H2;2-8,10-11,19,22H,9H2,1H3;2-8,14H,13H2,1H3;1-2H3. The van der Waals surface area contributed by atoms with Crippen molar-refractivity contribution in [3.05, 3.63) is 204 Å². The first kappa shape index (κ1) is 48.5. The van der Waals surface area contributed by atoms with Crippen molar-refractivity contribution in [3.8, 4) is 17.2 Å². The number of allylic oxidation sites excluding steroid dienone is 10. The van der Waals surface area contributed by atoms with Gasteiger partial charge in [0.15, 0.2) is 0 Å². The second kappa shape index (κ2) is 23.8. The summed E-state index contributed by atoms with van der Waals surface area (Å²) in [6, 6.07) is 24.7. The lowest BCUT2D eigenvalue weighted by atomic mass is 10.2. The molecule has 0 radical (unpaired) electrons. The lowest BCUT2D eigenvalue weighted by Gasteiger charge is -2.11. The summed E-state index contributed by atoms with van der Waals surface area (Å²) in [5, 5.41) is 36.3. The maximum atomic E-state index is 12.6. The molecule has 0 saturated heterocycles. The first-order valence-electron chi connectivity index (χ1n) is 20.7. The lowest BCUT2D eigenvalue weighted by Crippen LogP contribution is -2.25. The molecule has 0 saturated carbocycles. The number of aromatic nitrogens is 5. The molecule has 336 valence electrons. The molecular weight excluding hydrogens is 866 g/mol. The van der Waals surface area contributed by atoms with Crippen LogP contribution in [-0.2, 0) is 13.1 Å². The quantitative estimate of drug-likeness (QED) is 0.0767. The number of halogens is 2. The van der Waals surface area contributed by atoms with Crippen molar-refractivity contribution < 1.29 is 10.2 Å². The molecule has 16 heteroatoms. The monoisotopic (exact) mass is 915 g/mol. The molecule has 1 unspecified atom stereocenters. The Morgan fingerprint density at radius 3 is 2.00 bits per heavy atom. The molecule has 8 rings (SSSR count). The van der Waals surface area contributed by atoms with Crippen LogP contribution in [0.1, 0.15) is 38.3 Å². The number of nitrogens with two attached hydrogens (primary N) is 1. The van der Waals surface area contributed by atoms with E-state index in [4.69, 9.17) is 28.9 Å². The van der Waals surface area contributed by atoms with Crippen LogP contribution in [0.25, 0.3) is 17.1 Å². The summed E-state index contributed by atoms with van der Waals surface area (Å²) in [6.07, 6.45) is 20.6. The number of hydrogen-bond acceptors (Lipinski definition) is 11. The summed E-state index contributed by atoms with van der Waals surface area (Å²) in [4.78, 5) is 37.0. The summed E-state index contributed by atoms with van der Waals surface area (Å²) < 4.78 is 4.18. The molecule has 3 aromatic heterocycles. The fraction of sp³-hybridized carbons (Fsp3) is 0.163. The Labute approximate surface area is 386 Å². The third-order valence-corrected chi connectivity index (χ3v) is 10.3. The fourth-order valence-corrected chi connectivity index (χ4v) is 6.60. The Morgan fingerprint density at radius 2 is 1.38 bits per heavy atom. The lowest BCUT2D eigenvalue weighted by molar-refractivity contribution is 0.474. The fourth-order valence-electron chi connectivity index (χ4n) is 6.21. The van der Waals surface area contributed by atoms with Crippen LogP contribution < -0.4 is 38.4 Å². The average Bonchev–Trinajstić information content (AvgIpc) is 3.57. The van der Waals surface area contributed by atoms with Crippen LogP contribution in [0.2, 0.25) is 10.0 Å². The van der Waals surface area contributed by atoms with Crippen molar-refractivity contribution >= 4 is 57.3 Å². The van der Waals surface area contributed by atoms with Crippen LogP contribution in [0, 0.1) is 5.92 Å². The summed E-state index contributed by atoms with van der Waals surface area (Å²) in [5.41, 5.74) is 10.7. The van der Waals surface area contributed by atoms with E-state index in [-0.39, 0.29) is 49.8 Å². The number of para-hydroxylation sites is 1. The number of phenolic OH excluding ortho intramolecular Hbond substituents is 2. The predicted octanol–water partition coefficient (Wildman–Crippen LogP) is 9.32. The maximum absolute atomic E-state index is 12.6. The minimum absolute atomic E-state index is 0.0990. The van der Waals surface area contributed by atoms with E-state index in [0.29, 0.717) is 36.6 Å². The molecule has 0 bridgehead atoms. The highest BCUT2D eigenvalue weighted by atomic mass is 35.5. The Kier molecular flexibility index (Phi) is 17.7. The third kappa shape index (κ3) is 13.0. The molecule has 14 nitrogen and oxygen atoms in total. The number of phenols is 2. The average molecular weight is 917 g/mol. The van der Waals surface area contributed by atoms with E-state index in [1.54, 1.807) is 74.0 Å². The molecule has 7 N–H and O–H groups in total. The topological polar surface area (TPSA) is 194 Å². The van der Waals surface area contributed by atoms with Gasteiger partial charge in [0.1, 0.15) is 27.9 Å². The van der Waals surface area contributed by atoms with Crippen LogP contribution >= 0.6 is 23.2 Å². The molecule has 3 heterocycles. The first-order chi connectivity index (χ1) is 31.4. The Bertz CT molecular complexity index is 2880. The van der Waals surface area contributed by atoms with Crippen molar-refractivity contribution in [2.75, 3.05) is 28.7 Å². The SMILES string of the molecule is CC.CC1C=CC(n2ncc(Cl)c(NCc3ccc(O)cc3)c2=O)=C1.CNc1ccn(-c2ccccc2)c(=O)c1N.O=c1c(Cl)c(NCc2ccc(O)cc2)cnn1C1=CC=CC=CC1. The predicted molar refractivity (Wildman–Crippen MR) is 265 cm³/mol. The third-order valence-electron chi connectivity index (χ3n) is 9.60. The minimum Gasteiger partial charge on any atom is -0.508 e. The molecule has 65 heavy (non-hydrogen) atoms. The van der Waals surface area contributed by atoms with Crippen molar-refractivity contribution in [3.63, 3.8) is 0 Å². The van der Waals surface area contributed by atoms with Gasteiger partial charge in [-0.15, -0.1) is 0 Å². The van der Waals surface area contributed by atoms with Gasteiger partial charge in [-0.05, 0) is 71.7 Å². The molecule has 0 aliphatic heterocycles. The van der Waals surface area contributed by atoms with Gasteiger partial charge in [-0.3, -0.25) is 19.0 Å². The van der Waals surface area contributed by atoms with Crippen LogP contribution in [0.5, 0.6) is 11.5 Å². The Balaban J connectivity index is 0.000000183. The number of anilines is 4. The zero-order valence-corrected chi connectivity index (χ0v) is 37.8. The molecule has 2 aliphatic carbocycles. The number of aromatic hydroxyl groups is 2. The number of nitrogens with one attached hydrogen (secondary N) is 3. The highest BCUT2D eigenvalue weighted by molar-refractivity contribution is 6.33. The number of pyridine rings is 1. The van der Waals surface area contributed by atoms with E-state index < -0.39 is 0 Å². The molecule has 2 aliphatic rings. The van der Waals surface area contributed by atoms with Crippen LogP contribution in [0.3, 0.4) is 0 Å². The van der Waals surface area contributed by atoms with Crippen LogP contribution in [0.15, 0.2) is 167 Å². The number of nitrogens with zero attached hydrogens (tertiary/aromatic N) is 5. The largest absolute Gasteiger partial charge is 0.508 e. The minimum atomic E-state index is -0.359. The van der Waals surface area contributed by atoms with E-state index in [1.807, 2.05) is 99.7 Å². The summed E-state index contributed by atoms with van der Waals surface area (Å²) >= 11 is 12.3. The van der Waals surface area contributed by atoms with Gasteiger partial charge in [0.25, 0.3) is 16.7 Å².